The molecule has 0 aliphatic carbocycles. The van der Waals surface area contributed by atoms with Gasteiger partial charge in [-0.2, -0.15) is 0 Å². The Morgan fingerprint density at radius 2 is 2.19 bits per heavy atom. The molecule has 0 spiro atoms. The smallest absolute Gasteiger partial charge is 0.0375 e. The molecule has 2 atom stereocenters. The summed E-state index contributed by atoms with van der Waals surface area (Å²) in [5.74, 6) is 1.66. The van der Waals surface area contributed by atoms with Crippen LogP contribution in [-0.2, 0) is 0 Å². The van der Waals surface area contributed by atoms with Gasteiger partial charge in [-0.05, 0) is 36.3 Å². The average Bonchev–Trinajstić information content (AvgIpc) is 2.35. The van der Waals surface area contributed by atoms with Gasteiger partial charge in [-0.15, -0.1) is 0 Å². The van der Waals surface area contributed by atoms with Gasteiger partial charge in [-0.3, -0.25) is 0 Å². The molecular weight excluding hydrogens is 194 g/mol. The van der Waals surface area contributed by atoms with Crippen molar-refractivity contribution in [3.05, 3.63) is 29.8 Å². The molecular formula is C15H23N. The number of benzene rings is 1. The van der Waals surface area contributed by atoms with Crippen molar-refractivity contribution in [2.75, 3.05) is 11.9 Å². The van der Waals surface area contributed by atoms with E-state index in [2.05, 4.69) is 43.4 Å². The van der Waals surface area contributed by atoms with E-state index in [4.69, 9.17) is 0 Å². The van der Waals surface area contributed by atoms with Gasteiger partial charge >= 0.3 is 0 Å². The number of hydrogen-bond acceptors (Lipinski definition) is 1. The van der Waals surface area contributed by atoms with Gasteiger partial charge in [-0.25, -0.2) is 0 Å². The normalized spacial score (nSPS) is 21.0. The maximum absolute atomic E-state index is 3.49. The fraction of sp³-hybridized carbons (Fsp3) is 0.600. The molecule has 1 nitrogen and oxygen atoms in total. The fourth-order valence-electron chi connectivity index (χ4n) is 2.54. The molecule has 0 aromatic heterocycles. The predicted molar refractivity (Wildman–Crippen MR) is 71.0 cm³/mol. The van der Waals surface area contributed by atoms with Gasteiger partial charge in [0.2, 0.25) is 0 Å². The highest BCUT2D eigenvalue weighted by Gasteiger charge is 2.19. The average molecular weight is 217 g/mol. The third-order valence-electron chi connectivity index (χ3n) is 3.91. The molecule has 0 saturated carbocycles. The van der Waals surface area contributed by atoms with E-state index in [9.17, 15) is 0 Å². The number of nitrogens with one attached hydrogen (secondary N) is 1. The summed E-state index contributed by atoms with van der Waals surface area (Å²) in [6.07, 6.45) is 5.34. The van der Waals surface area contributed by atoms with Crippen LogP contribution in [0.2, 0.25) is 0 Å². The van der Waals surface area contributed by atoms with Gasteiger partial charge in [0, 0.05) is 12.2 Å². The first-order valence-corrected chi connectivity index (χ1v) is 6.64. The monoisotopic (exact) mass is 217 g/mol. The van der Waals surface area contributed by atoms with E-state index in [1.54, 1.807) is 0 Å². The summed E-state index contributed by atoms with van der Waals surface area (Å²) in [7, 11) is 0. The van der Waals surface area contributed by atoms with E-state index in [0.717, 1.165) is 18.4 Å². The Kier molecular flexibility index (Phi) is 3.87. The minimum Gasteiger partial charge on any atom is -0.385 e. The third-order valence-corrected chi connectivity index (χ3v) is 3.91. The summed E-state index contributed by atoms with van der Waals surface area (Å²) in [6, 6.07) is 8.80. The zero-order valence-corrected chi connectivity index (χ0v) is 10.5. The first-order valence-electron chi connectivity index (χ1n) is 6.64. The van der Waals surface area contributed by atoms with Crippen LogP contribution in [0.25, 0.3) is 0 Å². The standard InChI is InChI=1S/C15H23N/c1-3-12(2)8-9-13-10-11-16-15-7-5-4-6-14(13)15/h4-7,12-13,16H,3,8-11H2,1-2H3. The topological polar surface area (TPSA) is 12.0 Å². The van der Waals surface area contributed by atoms with Crippen molar-refractivity contribution < 1.29 is 0 Å². The summed E-state index contributed by atoms with van der Waals surface area (Å²) >= 11 is 0. The first kappa shape index (κ1) is 11.5. The van der Waals surface area contributed by atoms with Crippen molar-refractivity contribution in [3.8, 4) is 0 Å². The van der Waals surface area contributed by atoms with Gasteiger partial charge in [0.15, 0.2) is 0 Å². The molecule has 2 unspecified atom stereocenters. The van der Waals surface area contributed by atoms with Gasteiger partial charge in [0.05, 0.1) is 0 Å². The second-order valence-corrected chi connectivity index (χ2v) is 5.09. The highest BCUT2D eigenvalue weighted by molar-refractivity contribution is 5.54. The highest BCUT2D eigenvalue weighted by Crippen LogP contribution is 2.35. The quantitative estimate of drug-likeness (QED) is 0.787. The van der Waals surface area contributed by atoms with Gasteiger partial charge in [0.1, 0.15) is 0 Å². The lowest BCUT2D eigenvalue weighted by molar-refractivity contribution is 0.447. The SMILES string of the molecule is CCC(C)CCC1CCNc2ccccc21. The summed E-state index contributed by atoms with van der Waals surface area (Å²) in [5, 5.41) is 3.49. The molecule has 1 heteroatoms. The van der Waals surface area contributed by atoms with Crippen LogP contribution in [-0.4, -0.2) is 6.54 Å². The summed E-state index contributed by atoms with van der Waals surface area (Å²) in [4.78, 5) is 0. The van der Waals surface area contributed by atoms with Crippen molar-refractivity contribution in [1.29, 1.82) is 0 Å². The first-order chi connectivity index (χ1) is 7.81. The molecule has 0 saturated heterocycles. The Balaban J connectivity index is 2.01. The lowest BCUT2D eigenvalue weighted by atomic mass is 9.85. The Morgan fingerprint density at radius 1 is 1.38 bits per heavy atom. The largest absolute Gasteiger partial charge is 0.385 e. The van der Waals surface area contributed by atoms with Crippen LogP contribution in [0.3, 0.4) is 0 Å². The van der Waals surface area contributed by atoms with Crippen molar-refractivity contribution >= 4 is 5.69 Å². The van der Waals surface area contributed by atoms with E-state index >= 15 is 0 Å². The summed E-state index contributed by atoms with van der Waals surface area (Å²) < 4.78 is 0. The van der Waals surface area contributed by atoms with Crippen molar-refractivity contribution in [2.24, 2.45) is 5.92 Å². The van der Waals surface area contributed by atoms with E-state index in [1.165, 1.54) is 36.9 Å². The molecule has 1 aliphatic rings. The number of rotatable bonds is 4. The number of hydrogen-bond donors (Lipinski definition) is 1. The molecule has 88 valence electrons. The van der Waals surface area contributed by atoms with Crippen LogP contribution < -0.4 is 5.32 Å². The molecule has 0 fully saturated rings. The Morgan fingerprint density at radius 3 is 3.00 bits per heavy atom. The van der Waals surface area contributed by atoms with E-state index in [1.807, 2.05) is 0 Å². The minimum atomic E-state index is 0.784. The van der Waals surface area contributed by atoms with Crippen LogP contribution in [0, 0.1) is 5.92 Å². The number of fused-ring (bicyclic) bond motifs is 1. The van der Waals surface area contributed by atoms with Crippen LogP contribution >= 0.6 is 0 Å². The highest BCUT2D eigenvalue weighted by atomic mass is 14.9. The molecule has 0 radical (unpaired) electrons. The second-order valence-electron chi connectivity index (χ2n) is 5.09. The summed E-state index contributed by atoms with van der Waals surface area (Å²) in [6.45, 7) is 5.80. The minimum absolute atomic E-state index is 0.784. The molecule has 2 rings (SSSR count). The van der Waals surface area contributed by atoms with Crippen LogP contribution in [0.4, 0.5) is 5.69 Å². The van der Waals surface area contributed by atoms with Crippen molar-refractivity contribution in [3.63, 3.8) is 0 Å². The van der Waals surface area contributed by atoms with E-state index in [0.29, 0.717) is 0 Å². The molecule has 0 amide bonds. The number of anilines is 1. The Hall–Kier alpha value is -0.980. The molecule has 1 aromatic carbocycles. The predicted octanol–water partition coefficient (Wildman–Crippen LogP) is 4.41. The van der Waals surface area contributed by atoms with Crippen LogP contribution in [0.1, 0.15) is 51.0 Å². The summed E-state index contributed by atoms with van der Waals surface area (Å²) in [5.41, 5.74) is 2.90. The van der Waals surface area contributed by atoms with E-state index in [-0.39, 0.29) is 0 Å². The second kappa shape index (κ2) is 5.38. The zero-order chi connectivity index (χ0) is 11.4. The molecule has 1 aliphatic heterocycles. The van der Waals surface area contributed by atoms with Gasteiger partial charge < -0.3 is 5.32 Å². The van der Waals surface area contributed by atoms with Crippen LogP contribution in [0.15, 0.2) is 24.3 Å². The fourth-order valence-corrected chi connectivity index (χ4v) is 2.54. The van der Waals surface area contributed by atoms with Crippen molar-refractivity contribution in [2.45, 2.75) is 45.4 Å². The molecule has 1 heterocycles. The molecule has 1 aromatic rings. The molecule has 0 bridgehead atoms. The van der Waals surface area contributed by atoms with Crippen molar-refractivity contribution in [1.82, 2.24) is 0 Å². The maximum atomic E-state index is 3.49. The lowest BCUT2D eigenvalue weighted by Crippen LogP contribution is -2.17. The van der Waals surface area contributed by atoms with Crippen LogP contribution in [0.5, 0.6) is 0 Å². The Bertz CT molecular complexity index is 332. The Labute approximate surface area is 99.3 Å². The zero-order valence-electron chi connectivity index (χ0n) is 10.5. The van der Waals surface area contributed by atoms with Gasteiger partial charge in [-0.1, -0.05) is 44.9 Å². The van der Waals surface area contributed by atoms with E-state index < -0.39 is 0 Å². The van der Waals surface area contributed by atoms with Gasteiger partial charge in [0.25, 0.3) is 0 Å². The lowest BCUT2D eigenvalue weighted by Gasteiger charge is -2.27. The molecule has 16 heavy (non-hydrogen) atoms. The maximum Gasteiger partial charge on any atom is 0.0375 e. The number of para-hydroxylation sites is 1. The third kappa shape index (κ3) is 2.58. The molecule has 1 N–H and O–H groups in total.